The molecule has 0 spiro atoms. The van der Waals surface area contributed by atoms with Crippen molar-refractivity contribution in [2.45, 2.75) is 20.4 Å². The van der Waals surface area contributed by atoms with Gasteiger partial charge in [-0.3, -0.25) is 0 Å². The van der Waals surface area contributed by atoms with Crippen LogP contribution >= 0.6 is 0 Å². The van der Waals surface area contributed by atoms with Gasteiger partial charge in [0.05, 0.1) is 46.1 Å². The maximum absolute atomic E-state index is 5.51. The smallest absolute Gasteiger partial charge is 0.142 e. The summed E-state index contributed by atoms with van der Waals surface area (Å²) in [5.41, 5.74) is 5.26. The highest BCUT2D eigenvalue weighted by atomic mass is 16.5. The molecule has 2 aromatic rings. The minimum Gasteiger partial charge on any atom is -0.496 e. The number of quaternary nitrogens is 1. The fraction of sp³-hybridized carbons (Fsp3) is 0.429. The number of para-hydroxylation sites is 2. The summed E-state index contributed by atoms with van der Waals surface area (Å²) in [7, 11) is 3.49. The van der Waals surface area contributed by atoms with E-state index in [2.05, 4.69) is 43.0 Å². The molecular weight excluding hydrogens is 312 g/mol. The highest BCUT2D eigenvalue weighted by Crippen LogP contribution is 2.27. The highest BCUT2D eigenvalue weighted by molar-refractivity contribution is 5.58. The molecule has 25 heavy (non-hydrogen) atoms. The molecule has 0 amide bonds. The Kier molecular flexibility index (Phi) is 5.49. The molecule has 0 aromatic heterocycles. The van der Waals surface area contributed by atoms with Gasteiger partial charge < -0.3 is 19.3 Å². The van der Waals surface area contributed by atoms with Crippen molar-refractivity contribution in [1.82, 2.24) is 0 Å². The molecule has 2 aromatic carbocycles. The third-order valence-electron chi connectivity index (χ3n) is 5.41. The van der Waals surface area contributed by atoms with Crippen LogP contribution in [0.3, 0.4) is 0 Å². The molecule has 0 aliphatic carbocycles. The number of methoxy groups -OCH3 is 2. The van der Waals surface area contributed by atoms with Gasteiger partial charge in [0.25, 0.3) is 0 Å². The molecule has 0 saturated carbocycles. The van der Waals surface area contributed by atoms with Crippen LogP contribution in [0.4, 0.5) is 5.69 Å². The molecule has 1 heterocycles. The zero-order chi connectivity index (χ0) is 17.8. The standard InChI is InChI=1S/C21H28N2O2/c1-16-17(2)20(24-3)10-9-18(16)15-22-11-13-23(14-12-22)19-7-5-6-8-21(19)25-4/h5-10H,11-15H2,1-4H3/p+1. The average molecular weight is 341 g/mol. The van der Waals surface area contributed by atoms with Crippen LogP contribution in [0, 0.1) is 13.8 Å². The fourth-order valence-electron chi connectivity index (χ4n) is 3.67. The van der Waals surface area contributed by atoms with Crippen LogP contribution in [0.2, 0.25) is 0 Å². The lowest BCUT2D eigenvalue weighted by Crippen LogP contribution is -3.13. The number of hydrogen-bond donors (Lipinski definition) is 1. The average Bonchev–Trinajstić information content (AvgIpc) is 2.66. The molecule has 1 fully saturated rings. The SMILES string of the molecule is COc1ccccc1N1CC[NH+](Cc2ccc(OC)c(C)c2C)CC1. The van der Waals surface area contributed by atoms with E-state index in [4.69, 9.17) is 9.47 Å². The molecular formula is C21H29N2O2+. The number of hydrogen-bond acceptors (Lipinski definition) is 3. The Labute approximate surface area is 151 Å². The maximum Gasteiger partial charge on any atom is 0.142 e. The Morgan fingerprint density at radius 3 is 2.24 bits per heavy atom. The van der Waals surface area contributed by atoms with E-state index >= 15 is 0 Å². The van der Waals surface area contributed by atoms with Crippen LogP contribution in [0.25, 0.3) is 0 Å². The zero-order valence-electron chi connectivity index (χ0n) is 15.8. The predicted octanol–water partition coefficient (Wildman–Crippen LogP) is 2.23. The van der Waals surface area contributed by atoms with Crippen molar-refractivity contribution in [3.05, 3.63) is 53.1 Å². The van der Waals surface area contributed by atoms with Gasteiger partial charge in [0.1, 0.15) is 18.0 Å². The number of rotatable bonds is 5. The summed E-state index contributed by atoms with van der Waals surface area (Å²) in [5, 5.41) is 0. The van der Waals surface area contributed by atoms with Gasteiger partial charge in [-0.2, -0.15) is 0 Å². The normalized spacial score (nSPS) is 15.3. The van der Waals surface area contributed by atoms with Crippen molar-refractivity contribution < 1.29 is 14.4 Å². The Bertz CT molecular complexity index is 722. The lowest BCUT2D eigenvalue weighted by Gasteiger charge is -2.34. The number of benzene rings is 2. The number of anilines is 1. The van der Waals surface area contributed by atoms with Crippen LogP contribution in [-0.2, 0) is 6.54 Å². The van der Waals surface area contributed by atoms with Gasteiger partial charge in [-0.1, -0.05) is 12.1 Å². The Morgan fingerprint density at radius 2 is 1.56 bits per heavy atom. The first kappa shape index (κ1) is 17.6. The quantitative estimate of drug-likeness (QED) is 0.903. The molecule has 1 N–H and O–H groups in total. The van der Waals surface area contributed by atoms with E-state index < -0.39 is 0 Å². The Balaban J connectivity index is 1.64. The first-order valence-corrected chi connectivity index (χ1v) is 8.98. The molecule has 0 atom stereocenters. The van der Waals surface area contributed by atoms with Crippen LogP contribution in [0.15, 0.2) is 36.4 Å². The minimum atomic E-state index is 0.965. The molecule has 4 heteroatoms. The van der Waals surface area contributed by atoms with Crippen molar-refractivity contribution in [1.29, 1.82) is 0 Å². The summed E-state index contributed by atoms with van der Waals surface area (Å²) < 4.78 is 10.9. The molecule has 134 valence electrons. The molecule has 4 nitrogen and oxygen atoms in total. The van der Waals surface area contributed by atoms with Gasteiger partial charge in [0.15, 0.2) is 0 Å². The third kappa shape index (κ3) is 3.74. The molecule has 0 radical (unpaired) electrons. The Morgan fingerprint density at radius 1 is 0.880 bits per heavy atom. The van der Waals surface area contributed by atoms with Gasteiger partial charge in [-0.05, 0) is 49.2 Å². The summed E-state index contributed by atoms with van der Waals surface area (Å²) in [5.74, 6) is 1.95. The summed E-state index contributed by atoms with van der Waals surface area (Å²) in [6, 6.07) is 12.6. The number of nitrogens with one attached hydrogen (secondary N) is 1. The molecule has 0 bridgehead atoms. The van der Waals surface area contributed by atoms with Gasteiger partial charge in [-0.15, -0.1) is 0 Å². The summed E-state index contributed by atoms with van der Waals surface area (Å²) in [6.07, 6.45) is 0. The van der Waals surface area contributed by atoms with Crippen molar-refractivity contribution >= 4 is 5.69 Å². The minimum absolute atomic E-state index is 0.965. The number of nitrogens with zero attached hydrogens (tertiary/aromatic N) is 1. The van der Waals surface area contributed by atoms with Crippen molar-refractivity contribution in [3.8, 4) is 11.5 Å². The van der Waals surface area contributed by atoms with Crippen LogP contribution in [0.1, 0.15) is 16.7 Å². The van der Waals surface area contributed by atoms with E-state index in [0.717, 1.165) is 44.2 Å². The van der Waals surface area contributed by atoms with Gasteiger partial charge in [0.2, 0.25) is 0 Å². The summed E-state index contributed by atoms with van der Waals surface area (Å²) >= 11 is 0. The lowest BCUT2D eigenvalue weighted by molar-refractivity contribution is -0.914. The van der Waals surface area contributed by atoms with E-state index in [9.17, 15) is 0 Å². The van der Waals surface area contributed by atoms with Crippen molar-refractivity contribution in [3.63, 3.8) is 0 Å². The summed E-state index contributed by atoms with van der Waals surface area (Å²) in [4.78, 5) is 4.08. The van der Waals surface area contributed by atoms with E-state index in [-0.39, 0.29) is 0 Å². The summed E-state index contributed by atoms with van der Waals surface area (Å²) in [6.45, 7) is 9.83. The van der Waals surface area contributed by atoms with Crippen LogP contribution in [-0.4, -0.2) is 40.4 Å². The first-order chi connectivity index (χ1) is 12.1. The van der Waals surface area contributed by atoms with Gasteiger partial charge in [0, 0.05) is 5.56 Å². The van der Waals surface area contributed by atoms with E-state index in [0.29, 0.717) is 0 Å². The van der Waals surface area contributed by atoms with Gasteiger partial charge >= 0.3 is 0 Å². The van der Waals surface area contributed by atoms with E-state index in [1.54, 1.807) is 19.1 Å². The maximum atomic E-state index is 5.51. The number of piperazine rings is 1. The highest BCUT2D eigenvalue weighted by Gasteiger charge is 2.23. The number of ether oxygens (including phenoxy) is 2. The zero-order valence-corrected chi connectivity index (χ0v) is 15.8. The third-order valence-corrected chi connectivity index (χ3v) is 5.41. The second-order valence-corrected chi connectivity index (χ2v) is 6.76. The molecule has 1 aliphatic rings. The molecule has 3 rings (SSSR count). The first-order valence-electron chi connectivity index (χ1n) is 8.98. The second-order valence-electron chi connectivity index (χ2n) is 6.76. The molecule has 0 unspecified atom stereocenters. The van der Waals surface area contributed by atoms with E-state index in [1.807, 2.05) is 12.1 Å². The molecule has 1 aliphatic heterocycles. The van der Waals surface area contributed by atoms with Crippen LogP contribution < -0.4 is 19.3 Å². The fourth-order valence-corrected chi connectivity index (χ4v) is 3.67. The van der Waals surface area contributed by atoms with Gasteiger partial charge in [-0.25, -0.2) is 0 Å². The lowest BCUT2D eigenvalue weighted by atomic mass is 10.0. The van der Waals surface area contributed by atoms with E-state index in [1.165, 1.54) is 22.4 Å². The Hall–Kier alpha value is -2.20. The topological polar surface area (TPSA) is 26.1 Å². The van der Waals surface area contributed by atoms with Crippen molar-refractivity contribution in [2.75, 3.05) is 45.3 Å². The predicted molar refractivity (Wildman–Crippen MR) is 102 cm³/mol. The largest absolute Gasteiger partial charge is 0.496 e. The monoisotopic (exact) mass is 341 g/mol. The molecule has 1 saturated heterocycles. The second kappa shape index (κ2) is 7.79. The van der Waals surface area contributed by atoms with Crippen LogP contribution in [0.5, 0.6) is 11.5 Å². The van der Waals surface area contributed by atoms with Crippen molar-refractivity contribution in [2.24, 2.45) is 0 Å².